The summed E-state index contributed by atoms with van der Waals surface area (Å²) in [5.74, 6) is -0.215. The lowest BCUT2D eigenvalue weighted by molar-refractivity contribution is -0.134. The lowest BCUT2D eigenvalue weighted by Gasteiger charge is -2.30. The van der Waals surface area contributed by atoms with Crippen LogP contribution >= 0.6 is 23.2 Å². The van der Waals surface area contributed by atoms with Crippen molar-refractivity contribution in [3.63, 3.8) is 0 Å². The molecule has 5 nitrogen and oxygen atoms in total. The fraction of sp³-hybridized carbons (Fsp3) is 0.579. The summed E-state index contributed by atoms with van der Waals surface area (Å²) in [5, 5.41) is 10.8. The minimum absolute atomic E-state index is 0.0758. The number of aliphatic hydroxyl groups excluding tert-OH is 1. The molecule has 2 aliphatic rings. The average molecular weight is 399 g/mol. The molecule has 7 heteroatoms. The summed E-state index contributed by atoms with van der Waals surface area (Å²) in [4.78, 5) is 29.1. The molecule has 1 saturated heterocycles. The van der Waals surface area contributed by atoms with Gasteiger partial charge in [-0.1, -0.05) is 29.6 Å². The predicted molar refractivity (Wildman–Crippen MR) is 102 cm³/mol. The summed E-state index contributed by atoms with van der Waals surface area (Å²) in [6.45, 7) is 1.05. The molecule has 26 heavy (non-hydrogen) atoms. The Labute approximate surface area is 163 Å². The first-order valence-electron chi connectivity index (χ1n) is 9.07. The summed E-state index contributed by atoms with van der Waals surface area (Å²) in [7, 11) is 1.75. The highest BCUT2D eigenvalue weighted by atomic mass is 35.5. The highest BCUT2D eigenvalue weighted by Gasteiger charge is 2.38. The van der Waals surface area contributed by atoms with Crippen LogP contribution in [0.15, 0.2) is 18.2 Å². The minimum atomic E-state index is -0.485. The van der Waals surface area contributed by atoms with Crippen molar-refractivity contribution in [2.24, 2.45) is 5.92 Å². The van der Waals surface area contributed by atoms with Crippen LogP contribution in [0.25, 0.3) is 0 Å². The Morgan fingerprint density at radius 2 is 2.00 bits per heavy atom. The van der Waals surface area contributed by atoms with Crippen molar-refractivity contribution in [1.82, 2.24) is 9.80 Å². The van der Waals surface area contributed by atoms with E-state index < -0.39 is 6.04 Å². The summed E-state index contributed by atoms with van der Waals surface area (Å²) < 4.78 is 0. The van der Waals surface area contributed by atoms with E-state index in [-0.39, 0.29) is 23.8 Å². The number of likely N-dealkylation sites (N-methyl/N-ethyl adjacent to an activating group) is 1. The standard InChI is InChI=1S/C19H24Cl2N2O3/c1-22(11-12-4-2-6-17(12)24)19(26)16-5-3-9-23(16)18(25)14-10-13(20)7-8-15(14)21/h7-8,10,12,16-17,24H,2-6,9,11H2,1H3/t12-,16+,17-/m0/s1. The van der Waals surface area contributed by atoms with Crippen LogP contribution in [0.2, 0.25) is 10.0 Å². The average Bonchev–Trinajstić information content (AvgIpc) is 3.25. The molecule has 0 radical (unpaired) electrons. The summed E-state index contributed by atoms with van der Waals surface area (Å²) in [5.41, 5.74) is 0.327. The van der Waals surface area contributed by atoms with Crippen LogP contribution < -0.4 is 0 Å². The maximum atomic E-state index is 12.9. The fourth-order valence-electron chi connectivity index (χ4n) is 4.01. The molecule has 2 amide bonds. The molecule has 1 N–H and O–H groups in total. The van der Waals surface area contributed by atoms with Gasteiger partial charge in [0, 0.05) is 31.1 Å². The Bertz CT molecular complexity index is 697. The van der Waals surface area contributed by atoms with Crippen LogP contribution in [0.5, 0.6) is 0 Å². The van der Waals surface area contributed by atoms with Crippen molar-refractivity contribution in [2.45, 2.75) is 44.2 Å². The number of aliphatic hydroxyl groups is 1. The topological polar surface area (TPSA) is 60.9 Å². The third kappa shape index (κ3) is 4.00. The number of carbonyl (C=O) groups is 2. The smallest absolute Gasteiger partial charge is 0.256 e. The first-order valence-corrected chi connectivity index (χ1v) is 9.83. The molecule has 1 saturated carbocycles. The third-order valence-corrected chi connectivity index (χ3v) is 6.03. The molecule has 1 aromatic rings. The maximum absolute atomic E-state index is 12.9. The number of halogens is 2. The minimum Gasteiger partial charge on any atom is -0.393 e. The van der Waals surface area contributed by atoms with Gasteiger partial charge in [0.1, 0.15) is 6.04 Å². The van der Waals surface area contributed by atoms with Gasteiger partial charge in [0.2, 0.25) is 5.91 Å². The van der Waals surface area contributed by atoms with Gasteiger partial charge in [0.25, 0.3) is 5.91 Å². The number of benzene rings is 1. The maximum Gasteiger partial charge on any atom is 0.256 e. The molecule has 0 bridgehead atoms. The molecule has 1 heterocycles. The van der Waals surface area contributed by atoms with Crippen molar-refractivity contribution in [2.75, 3.05) is 20.1 Å². The molecule has 1 aliphatic heterocycles. The van der Waals surface area contributed by atoms with E-state index in [1.807, 2.05) is 0 Å². The first-order chi connectivity index (χ1) is 12.4. The zero-order chi connectivity index (χ0) is 18.8. The quantitative estimate of drug-likeness (QED) is 0.846. The van der Waals surface area contributed by atoms with E-state index in [1.54, 1.807) is 35.0 Å². The Balaban J connectivity index is 1.71. The molecule has 0 spiro atoms. The third-order valence-electron chi connectivity index (χ3n) is 5.46. The second-order valence-corrected chi connectivity index (χ2v) is 8.10. The molecule has 1 aliphatic carbocycles. The van der Waals surface area contributed by atoms with Gasteiger partial charge in [-0.05, 0) is 43.9 Å². The van der Waals surface area contributed by atoms with Gasteiger partial charge in [-0.2, -0.15) is 0 Å². The first kappa shape index (κ1) is 19.5. The predicted octanol–water partition coefficient (Wildman–Crippen LogP) is 3.22. The molecule has 3 rings (SSSR count). The van der Waals surface area contributed by atoms with Crippen LogP contribution in [-0.4, -0.2) is 59.0 Å². The second kappa shape index (κ2) is 8.15. The fourth-order valence-corrected chi connectivity index (χ4v) is 4.38. The van der Waals surface area contributed by atoms with E-state index in [9.17, 15) is 14.7 Å². The molecular weight excluding hydrogens is 375 g/mol. The Morgan fingerprint density at radius 3 is 2.69 bits per heavy atom. The molecule has 0 unspecified atom stereocenters. The van der Waals surface area contributed by atoms with E-state index in [4.69, 9.17) is 23.2 Å². The van der Waals surface area contributed by atoms with Gasteiger partial charge < -0.3 is 14.9 Å². The van der Waals surface area contributed by atoms with Crippen molar-refractivity contribution >= 4 is 35.0 Å². The van der Waals surface area contributed by atoms with E-state index in [0.717, 1.165) is 25.7 Å². The number of amides is 2. The van der Waals surface area contributed by atoms with E-state index in [2.05, 4.69) is 0 Å². The number of hydrogen-bond acceptors (Lipinski definition) is 3. The number of nitrogens with zero attached hydrogens (tertiary/aromatic N) is 2. The van der Waals surface area contributed by atoms with Crippen LogP contribution in [0.1, 0.15) is 42.5 Å². The number of carbonyl (C=O) groups excluding carboxylic acids is 2. The lowest BCUT2D eigenvalue weighted by atomic mass is 10.0. The van der Waals surface area contributed by atoms with Gasteiger partial charge in [-0.25, -0.2) is 0 Å². The van der Waals surface area contributed by atoms with Crippen LogP contribution in [0.3, 0.4) is 0 Å². The monoisotopic (exact) mass is 398 g/mol. The highest BCUT2D eigenvalue weighted by Crippen LogP contribution is 2.29. The van der Waals surface area contributed by atoms with Gasteiger partial charge in [0.15, 0.2) is 0 Å². The zero-order valence-electron chi connectivity index (χ0n) is 14.8. The summed E-state index contributed by atoms with van der Waals surface area (Å²) >= 11 is 12.2. The molecule has 1 aromatic carbocycles. The van der Waals surface area contributed by atoms with Crippen LogP contribution in [0, 0.1) is 5.92 Å². The van der Waals surface area contributed by atoms with Gasteiger partial charge in [-0.15, -0.1) is 0 Å². The van der Waals surface area contributed by atoms with E-state index in [0.29, 0.717) is 35.1 Å². The Kier molecular flexibility index (Phi) is 6.10. The Hall–Kier alpha value is -1.30. The van der Waals surface area contributed by atoms with Gasteiger partial charge in [0.05, 0.1) is 16.7 Å². The zero-order valence-corrected chi connectivity index (χ0v) is 16.3. The van der Waals surface area contributed by atoms with Crippen molar-refractivity contribution in [3.8, 4) is 0 Å². The number of likely N-dealkylation sites (tertiary alicyclic amines) is 1. The molecule has 142 valence electrons. The molecule has 0 aromatic heterocycles. The summed E-state index contributed by atoms with van der Waals surface area (Å²) in [6.07, 6.45) is 3.81. The second-order valence-electron chi connectivity index (χ2n) is 7.26. The van der Waals surface area contributed by atoms with Crippen LogP contribution in [0.4, 0.5) is 0 Å². The number of rotatable bonds is 4. The van der Waals surface area contributed by atoms with E-state index in [1.165, 1.54) is 0 Å². The van der Waals surface area contributed by atoms with Crippen LogP contribution in [-0.2, 0) is 4.79 Å². The largest absolute Gasteiger partial charge is 0.393 e. The van der Waals surface area contributed by atoms with E-state index >= 15 is 0 Å². The molecular formula is C19H24Cl2N2O3. The van der Waals surface area contributed by atoms with Gasteiger partial charge in [-0.3, -0.25) is 9.59 Å². The normalized spacial score (nSPS) is 25.5. The molecule has 3 atom stereocenters. The SMILES string of the molecule is CN(C[C@@H]1CCC[C@@H]1O)C(=O)[C@H]1CCCN1C(=O)c1cc(Cl)ccc1Cl. The van der Waals surface area contributed by atoms with Crippen molar-refractivity contribution in [3.05, 3.63) is 33.8 Å². The Morgan fingerprint density at radius 1 is 1.23 bits per heavy atom. The highest BCUT2D eigenvalue weighted by molar-refractivity contribution is 6.35. The number of hydrogen-bond donors (Lipinski definition) is 1. The van der Waals surface area contributed by atoms with Crippen molar-refractivity contribution in [1.29, 1.82) is 0 Å². The lowest BCUT2D eigenvalue weighted by Crippen LogP contribution is -2.48. The molecule has 2 fully saturated rings. The van der Waals surface area contributed by atoms with Crippen molar-refractivity contribution < 1.29 is 14.7 Å². The van der Waals surface area contributed by atoms with Gasteiger partial charge >= 0.3 is 0 Å². The summed E-state index contributed by atoms with van der Waals surface area (Å²) in [6, 6.07) is 4.29.